The van der Waals surface area contributed by atoms with Crippen LogP contribution in [-0.4, -0.2) is 0 Å². The highest BCUT2D eigenvalue weighted by Gasteiger charge is 2.10. The molecule has 2 aromatic rings. The van der Waals surface area contributed by atoms with Gasteiger partial charge in [-0.3, -0.25) is 5.84 Å². The zero-order valence-electron chi connectivity index (χ0n) is 8.66. The van der Waals surface area contributed by atoms with Gasteiger partial charge in [0, 0.05) is 5.39 Å². The van der Waals surface area contributed by atoms with Crippen molar-refractivity contribution in [1.82, 2.24) is 5.43 Å². The van der Waals surface area contributed by atoms with Crippen LogP contribution in [0.4, 0.5) is 0 Å². The van der Waals surface area contributed by atoms with Gasteiger partial charge in [-0.25, -0.2) is 5.43 Å². The molecule has 2 rings (SSSR count). The van der Waals surface area contributed by atoms with Crippen molar-refractivity contribution >= 4 is 11.0 Å². The third-order valence-electron chi connectivity index (χ3n) is 2.41. The Kier molecular flexibility index (Phi) is 2.58. The predicted molar refractivity (Wildman–Crippen MR) is 61.2 cm³/mol. The first-order valence-electron chi connectivity index (χ1n) is 4.83. The van der Waals surface area contributed by atoms with Crippen LogP contribution >= 0.6 is 0 Å². The van der Waals surface area contributed by atoms with Gasteiger partial charge in [-0.05, 0) is 25.1 Å². The number of hydrogen-bond acceptors (Lipinski definition) is 3. The smallest absolute Gasteiger partial charge is 0.134 e. The molecular weight excluding hydrogens is 188 g/mol. The minimum absolute atomic E-state index is 0.141. The highest BCUT2D eigenvalue weighted by Crippen LogP contribution is 2.24. The lowest BCUT2D eigenvalue weighted by atomic mass is 10.1. The second-order valence-electron chi connectivity index (χ2n) is 3.57. The van der Waals surface area contributed by atoms with E-state index in [1.807, 2.05) is 18.2 Å². The van der Waals surface area contributed by atoms with Crippen LogP contribution < -0.4 is 11.3 Å². The number of furan rings is 1. The number of hydrazine groups is 1. The summed E-state index contributed by atoms with van der Waals surface area (Å²) in [5.41, 5.74) is 4.72. The molecule has 0 fully saturated rings. The van der Waals surface area contributed by atoms with E-state index in [0.717, 1.165) is 16.7 Å². The predicted octanol–water partition coefficient (Wildman–Crippen LogP) is 2.43. The average Bonchev–Trinajstić information content (AvgIpc) is 2.62. The lowest BCUT2D eigenvalue weighted by Gasteiger charge is -2.05. The van der Waals surface area contributed by atoms with Crippen molar-refractivity contribution in [2.75, 3.05) is 0 Å². The van der Waals surface area contributed by atoms with Gasteiger partial charge in [-0.1, -0.05) is 17.7 Å². The van der Waals surface area contributed by atoms with Crippen LogP contribution in [0.3, 0.4) is 0 Å². The van der Waals surface area contributed by atoms with Gasteiger partial charge in [0.2, 0.25) is 0 Å². The van der Waals surface area contributed by atoms with E-state index in [1.54, 1.807) is 6.08 Å². The molecule has 0 radical (unpaired) electrons. The Morgan fingerprint density at radius 1 is 1.47 bits per heavy atom. The highest BCUT2D eigenvalue weighted by atomic mass is 16.3. The fourth-order valence-corrected chi connectivity index (χ4v) is 1.60. The van der Waals surface area contributed by atoms with E-state index in [1.165, 1.54) is 5.56 Å². The number of nitrogens with one attached hydrogen (secondary N) is 1. The number of nitrogens with two attached hydrogens (primary N) is 1. The Hall–Kier alpha value is -1.58. The van der Waals surface area contributed by atoms with Gasteiger partial charge >= 0.3 is 0 Å². The minimum atomic E-state index is -0.141. The fraction of sp³-hybridized carbons (Fsp3) is 0.167. The molecule has 0 aliphatic rings. The van der Waals surface area contributed by atoms with Gasteiger partial charge in [-0.2, -0.15) is 0 Å². The first-order valence-corrected chi connectivity index (χ1v) is 4.83. The number of fused-ring (bicyclic) bond motifs is 1. The van der Waals surface area contributed by atoms with E-state index in [9.17, 15) is 0 Å². The molecule has 0 aliphatic carbocycles. The SMILES string of the molecule is C=CC(NN)c1cc2cc(C)ccc2o1. The molecular formula is C12H14N2O. The van der Waals surface area contributed by atoms with Crippen molar-refractivity contribution in [3.05, 3.63) is 48.2 Å². The first-order chi connectivity index (χ1) is 7.24. The highest BCUT2D eigenvalue weighted by molar-refractivity contribution is 5.78. The zero-order chi connectivity index (χ0) is 10.8. The second-order valence-corrected chi connectivity index (χ2v) is 3.57. The van der Waals surface area contributed by atoms with E-state index >= 15 is 0 Å². The quantitative estimate of drug-likeness (QED) is 0.456. The van der Waals surface area contributed by atoms with E-state index in [-0.39, 0.29) is 6.04 Å². The number of hydrogen-bond donors (Lipinski definition) is 2. The zero-order valence-corrected chi connectivity index (χ0v) is 8.66. The largest absolute Gasteiger partial charge is 0.459 e. The van der Waals surface area contributed by atoms with E-state index in [0.29, 0.717) is 0 Å². The molecule has 3 N–H and O–H groups in total. The summed E-state index contributed by atoms with van der Waals surface area (Å²) in [6.07, 6.45) is 1.71. The Bertz CT molecular complexity index is 487. The minimum Gasteiger partial charge on any atom is -0.459 e. The fourth-order valence-electron chi connectivity index (χ4n) is 1.60. The summed E-state index contributed by atoms with van der Waals surface area (Å²) in [7, 11) is 0. The lowest BCUT2D eigenvalue weighted by Crippen LogP contribution is -2.25. The van der Waals surface area contributed by atoms with Crippen LogP contribution in [0.1, 0.15) is 17.4 Å². The number of benzene rings is 1. The summed E-state index contributed by atoms with van der Waals surface area (Å²) in [4.78, 5) is 0. The third kappa shape index (κ3) is 1.79. The van der Waals surface area contributed by atoms with Crippen molar-refractivity contribution in [1.29, 1.82) is 0 Å². The molecule has 1 atom stereocenters. The Morgan fingerprint density at radius 3 is 2.93 bits per heavy atom. The third-order valence-corrected chi connectivity index (χ3v) is 2.41. The molecule has 3 nitrogen and oxygen atoms in total. The van der Waals surface area contributed by atoms with Gasteiger partial charge in [0.25, 0.3) is 0 Å². The Balaban J connectivity index is 2.50. The van der Waals surface area contributed by atoms with E-state index < -0.39 is 0 Å². The van der Waals surface area contributed by atoms with E-state index in [4.69, 9.17) is 10.3 Å². The Morgan fingerprint density at radius 2 is 2.27 bits per heavy atom. The molecule has 1 aromatic heterocycles. The summed E-state index contributed by atoms with van der Waals surface area (Å²) in [5.74, 6) is 6.17. The molecule has 3 heteroatoms. The van der Waals surface area contributed by atoms with Crippen molar-refractivity contribution < 1.29 is 4.42 Å². The second kappa shape index (κ2) is 3.88. The van der Waals surface area contributed by atoms with Gasteiger partial charge < -0.3 is 4.42 Å². The van der Waals surface area contributed by atoms with E-state index in [2.05, 4.69) is 25.0 Å². The van der Waals surface area contributed by atoms with Gasteiger partial charge in [-0.15, -0.1) is 6.58 Å². The van der Waals surface area contributed by atoms with Crippen LogP contribution in [-0.2, 0) is 0 Å². The molecule has 0 saturated carbocycles. The molecule has 0 amide bonds. The molecule has 0 bridgehead atoms. The van der Waals surface area contributed by atoms with Crippen molar-refractivity contribution in [2.24, 2.45) is 5.84 Å². The number of rotatable bonds is 3. The molecule has 1 unspecified atom stereocenters. The molecule has 78 valence electrons. The summed E-state index contributed by atoms with van der Waals surface area (Å²) < 4.78 is 5.65. The molecule has 1 heterocycles. The standard InChI is InChI=1S/C12H14N2O/c1-3-10(14-13)12-7-9-6-8(2)4-5-11(9)15-12/h3-7,10,14H,1,13H2,2H3. The summed E-state index contributed by atoms with van der Waals surface area (Å²) >= 11 is 0. The van der Waals surface area contributed by atoms with Crippen LogP contribution in [0.5, 0.6) is 0 Å². The summed E-state index contributed by atoms with van der Waals surface area (Å²) in [5, 5.41) is 1.09. The van der Waals surface area contributed by atoms with Crippen LogP contribution in [0, 0.1) is 6.92 Å². The maximum atomic E-state index is 5.65. The number of aryl methyl sites for hydroxylation is 1. The van der Waals surface area contributed by atoms with Crippen molar-refractivity contribution in [3.63, 3.8) is 0 Å². The van der Waals surface area contributed by atoms with Gasteiger partial charge in [0.05, 0.1) is 6.04 Å². The molecule has 0 spiro atoms. The summed E-state index contributed by atoms with van der Waals surface area (Å²) in [6.45, 7) is 5.75. The molecule has 0 aliphatic heterocycles. The average molecular weight is 202 g/mol. The topological polar surface area (TPSA) is 51.2 Å². The maximum absolute atomic E-state index is 5.65. The Labute approximate surface area is 88.5 Å². The van der Waals surface area contributed by atoms with Crippen LogP contribution in [0.25, 0.3) is 11.0 Å². The normalized spacial score (nSPS) is 12.9. The summed E-state index contributed by atoms with van der Waals surface area (Å²) in [6, 6.07) is 7.91. The van der Waals surface area contributed by atoms with Crippen molar-refractivity contribution in [2.45, 2.75) is 13.0 Å². The molecule has 0 saturated heterocycles. The van der Waals surface area contributed by atoms with Crippen LogP contribution in [0.15, 0.2) is 41.3 Å². The van der Waals surface area contributed by atoms with Crippen LogP contribution in [0.2, 0.25) is 0 Å². The molecule has 15 heavy (non-hydrogen) atoms. The van der Waals surface area contributed by atoms with Gasteiger partial charge in [0.1, 0.15) is 11.3 Å². The van der Waals surface area contributed by atoms with Gasteiger partial charge in [0.15, 0.2) is 0 Å². The maximum Gasteiger partial charge on any atom is 0.134 e. The van der Waals surface area contributed by atoms with Crippen molar-refractivity contribution in [3.8, 4) is 0 Å². The monoisotopic (exact) mass is 202 g/mol. The first kappa shape index (κ1) is 9.96. The molecule has 1 aromatic carbocycles. The lowest BCUT2D eigenvalue weighted by molar-refractivity contribution is 0.485.